The van der Waals surface area contributed by atoms with Gasteiger partial charge in [-0.05, 0) is 36.4 Å². The first kappa shape index (κ1) is 21.1. The zero-order valence-electron chi connectivity index (χ0n) is 17.0. The van der Waals surface area contributed by atoms with Crippen LogP contribution in [0.3, 0.4) is 0 Å². The Morgan fingerprint density at radius 1 is 0.688 bits per heavy atom. The van der Waals surface area contributed by atoms with Crippen LogP contribution in [0.15, 0.2) is 109 Å². The summed E-state index contributed by atoms with van der Waals surface area (Å²) in [4.78, 5) is 0. The highest BCUT2D eigenvalue weighted by atomic mass is 35.5. The summed E-state index contributed by atoms with van der Waals surface area (Å²) < 4.78 is 21.4. The summed E-state index contributed by atoms with van der Waals surface area (Å²) in [5.74, 6) is 1.38. The molecule has 0 N–H and O–H groups in total. The second-order valence-electron chi connectivity index (χ2n) is 7.60. The van der Waals surface area contributed by atoms with Gasteiger partial charge in [-0.2, -0.15) is 0 Å². The van der Waals surface area contributed by atoms with E-state index in [1.165, 1.54) is 0 Å². The van der Waals surface area contributed by atoms with Gasteiger partial charge in [0.05, 0.1) is 5.66 Å². The summed E-state index contributed by atoms with van der Waals surface area (Å²) in [7, 11) is -3.27. The molecule has 0 aromatic heterocycles. The van der Waals surface area contributed by atoms with Gasteiger partial charge >= 0.3 is 0 Å². The van der Waals surface area contributed by atoms with Crippen molar-refractivity contribution in [3.8, 4) is 5.75 Å². The van der Waals surface area contributed by atoms with Gasteiger partial charge < -0.3 is 9.30 Å². The molecule has 0 saturated heterocycles. The molecule has 32 heavy (non-hydrogen) atoms. The topological polar surface area (TPSA) is 26.3 Å². The largest absolute Gasteiger partial charge is 0.457 e. The molecule has 158 valence electrons. The van der Waals surface area contributed by atoms with E-state index in [-0.39, 0.29) is 0 Å². The van der Waals surface area contributed by atoms with Crippen LogP contribution < -0.4 is 15.3 Å². The lowest BCUT2D eigenvalue weighted by Gasteiger charge is -2.32. The Hall–Kier alpha value is -2.77. The third-order valence-electron chi connectivity index (χ3n) is 5.60. The zero-order chi connectivity index (χ0) is 22.1. The van der Waals surface area contributed by atoms with E-state index in [0.29, 0.717) is 32.2 Å². The zero-order valence-corrected chi connectivity index (χ0v) is 19.4. The molecule has 4 aromatic rings. The number of allylic oxidation sites excluding steroid dienone is 1. The van der Waals surface area contributed by atoms with E-state index < -0.39 is 12.8 Å². The maximum Gasteiger partial charge on any atom is 0.154 e. The van der Waals surface area contributed by atoms with Gasteiger partial charge in [0.15, 0.2) is 7.14 Å². The van der Waals surface area contributed by atoms with Crippen LogP contribution in [-0.4, -0.2) is 0 Å². The molecular formula is C27H19Cl2O2P. The lowest BCUT2D eigenvalue weighted by molar-refractivity contribution is 0.494. The van der Waals surface area contributed by atoms with Gasteiger partial charge in [0.2, 0.25) is 0 Å². The van der Waals surface area contributed by atoms with Crippen molar-refractivity contribution in [2.24, 2.45) is 0 Å². The standard InChI is InChI=1S/C27H19Cl2O2P/c28-20-10-6-12-22(16-20)32(30,23-13-7-11-21(29)17-23)27-18-26(19-8-2-1-3-9-19)31-25-15-5-4-14-24(25)27/h1-18,27H. The van der Waals surface area contributed by atoms with Gasteiger partial charge in [-0.25, -0.2) is 0 Å². The predicted molar refractivity (Wildman–Crippen MR) is 134 cm³/mol. The summed E-state index contributed by atoms with van der Waals surface area (Å²) in [5, 5.41) is 2.44. The molecule has 0 fully saturated rings. The number of rotatable bonds is 4. The minimum absolute atomic E-state index is 0.445. The molecular weight excluding hydrogens is 458 g/mol. The Bertz CT molecular complexity index is 1320. The van der Waals surface area contributed by atoms with Crippen LogP contribution in [0.25, 0.3) is 5.76 Å². The quantitative estimate of drug-likeness (QED) is 0.285. The van der Waals surface area contributed by atoms with E-state index in [0.717, 1.165) is 11.1 Å². The average Bonchev–Trinajstić information content (AvgIpc) is 2.83. The van der Waals surface area contributed by atoms with E-state index in [9.17, 15) is 0 Å². The Morgan fingerprint density at radius 3 is 1.91 bits per heavy atom. The molecule has 5 heteroatoms. The number of ether oxygens (including phenoxy) is 1. The van der Waals surface area contributed by atoms with Crippen LogP contribution in [0.4, 0.5) is 0 Å². The van der Waals surface area contributed by atoms with Crippen LogP contribution in [-0.2, 0) is 4.57 Å². The SMILES string of the molecule is O=P(c1cccc(Cl)c1)(c1cccc(Cl)c1)C1C=C(c2ccccc2)Oc2ccccc21. The second-order valence-corrected chi connectivity index (χ2v) is 11.4. The van der Waals surface area contributed by atoms with Crippen LogP contribution in [0.2, 0.25) is 10.0 Å². The number of benzene rings is 4. The molecule has 1 heterocycles. The van der Waals surface area contributed by atoms with Gasteiger partial charge in [0, 0.05) is 31.8 Å². The minimum Gasteiger partial charge on any atom is -0.457 e. The van der Waals surface area contributed by atoms with E-state index in [2.05, 4.69) is 0 Å². The summed E-state index contributed by atoms with van der Waals surface area (Å²) >= 11 is 12.7. The molecule has 5 rings (SSSR count). The summed E-state index contributed by atoms with van der Waals surface area (Å²) in [6.45, 7) is 0. The minimum atomic E-state index is -3.27. The van der Waals surface area contributed by atoms with Gasteiger partial charge in [-0.1, -0.05) is 96.0 Å². The lowest BCUT2D eigenvalue weighted by atomic mass is 10.0. The van der Waals surface area contributed by atoms with Crippen LogP contribution in [0.5, 0.6) is 5.75 Å². The van der Waals surface area contributed by atoms with Crippen molar-refractivity contribution in [3.05, 3.63) is 130 Å². The molecule has 1 atom stereocenters. The van der Waals surface area contributed by atoms with Gasteiger partial charge in [-0.3, -0.25) is 0 Å². The van der Waals surface area contributed by atoms with Gasteiger partial charge in [0.1, 0.15) is 11.5 Å². The third-order valence-corrected chi connectivity index (χ3v) is 9.37. The predicted octanol–water partition coefficient (Wildman–Crippen LogP) is 7.48. The van der Waals surface area contributed by atoms with Crippen molar-refractivity contribution >= 4 is 46.7 Å². The van der Waals surface area contributed by atoms with E-state index >= 15 is 4.57 Å². The van der Waals surface area contributed by atoms with Crippen molar-refractivity contribution in [2.45, 2.75) is 5.66 Å². The Labute approximate surface area is 197 Å². The molecule has 1 aliphatic rings. The number of hydrogen-bond donors (Lipinski definition) is 0. The van der Waals surface area contributed by atoms with Crippen molar-refractivity contribution in [1.29, 1.82) is 0 Å². The maximum atomic E-state index is 15.2. The monoisotopic (exact) mass is 476 g/mol. The van der Waals surface area contributed by atoms with Gasteiger partial charge in [-0.15, -0.1) is 0 Å². The average molecular weight is 477 g/mol. The normalized spacial score (nSPS) is 15.4. The first-order chi connectivity index (χ1) is 15.6. The smallest absolute Gasteiger partial charge is 0.154 e. The first-order valence-corrected chi connectivity index (χ1v) is 12.7. The Kier molecular flexibility index (Phi) is 5.69. The number of halogens is 2. The molecule has 0 bridgehead atoms. The van der Waals surface area contributed by atoms with Gasteiger partial charge in [0.25, 0.3) is 0 Å². The molecule has 1 aliphatic heterocycles. The molecule has 1 unspecified atom stereocenters. The Morgan fingerprint density at radius 2 is 1.28 bits per heavy atom. The van der Waals surface area contributed by atoms with Crippen LogP contribution in [0.1, 0.15) is 16.8 Å². The molecule has 0 amide bonds. The third kappa shape index (κ3) is 3.80. The van der Waals surface area contributed by atoms with Crippen molar-refractivity contribution in [1.82, 2.24) is 0 Å². The van der Waals surface area contributed by atoms with Crippen molar-refractivity contribution < 1.29 is 9.30 Å². The molecule has 0 radical (unpaired) electrons. The summed E-state index contributed by atoms with van der Waals surface area (Å²) in [6.07, 6.45) is 1.97. The first-order valence-electron chi connectivity index (χ1n) is 10.2. The fourth-order valence-electron chi connectivity index (χ4n) is 4.10. The summed E-state index contributed by atoms with van der Waals surface area (Å²) in [6, 6.07) is 32.2. The van der Waals surface area contributed by atoms with E-state index in [1.54, 1.807) is 24.3 Å². The Balaban J connectivity index is 1.80. The molecule has 0 saturated carbocycles. The molecule has 2 nitrogen and oxygen atoms in total. The summed E-state index contributed by atoms with van der Waals surface area (Å²) in [5.41, 5.74) is 1.35. The van der Waals surface area contributed by atoms with E-state index in [4.69, 9.17) is 27.9 Å². The molecule has 0 aliphatic carbocycles. The van der Waals surface area contributed by atoms with Crippen LogP contribution >= 0.6 is 30.3 Å². The van der Waals surface area contributed by atoms with Crippen molar-refractivity contribution in [3.63, 3.8) is 0 Å². The lowest BCUT2D eigenvalue weighted by Crippen LogP contribution is -2.23. The molecule has 4 aromatic carbocycles. The number of para-hydroxylation sites is 1. The highest BCUT2D eigenvalue weighted by Gasteiger charge is 2.40. The fourth-order valence-corrected chi connectivity index (χ4v) is 7.80. The fraction of sp³-hybridized carbons (Fsp3) is 0.0370. The van der Waals surface area contributed by atoms with Crippen molar-refractivity contribution in [2.75, 3.05) is 0 Å². The number of hydrogen-bond acceptors (Lipinski definition) is 2. The molecule has 0 spiro atoms. The highest BCUT2D eigenvalue weighted by molar-refractivity contribution is 7.79. The number of fused-ring (bicyclic) bond motifs is 1. The second kappa shape index (κ2) is 8.64. The van der Waals surface area contributed by atoms with Crippen LogP contribution in [0, 0.1) is 0 Å². The van der Waals surface area contributed by atoms with E-state index in [1.807, 2.05) is 84.9 Å². The highest BCUT2D eigenvalue weighted by Crippen LogP contribution is 2.61. The maximum absolute atomic E-state index is 15.2.